The molecule has 0 unspecified atom stereocenters. The quantitative estimate of drug-likeness (QED) is 0.860. The average molecular weight is 252 g/mol. The second-order valence-electron chi connectivity index (χ2n) is 5.18. The molecule has 0 aliphatic carbocycles. The standard InChI is InChI=1S/C14H21FN2O/c1-17(9-11-4-6-16-7-5-11)10-12-2-3-14(18)13(15)8-12/h2-3,8,11,16,18H,4-7,9-10H2,1H3. The lowest BCUT2D eigenvalue weighted by Gasteiger charge is -2.27. The number of nitrogens with one attached hydrogen (secondary N) is 1. The largest absolute Gasteiger partial charge is 0.505 e. The van der Waals surface area contributed by atoms with Crippen molar-refractivity contribution in [1.29, 1.82) is 0 Å². The molecular formula is C14H21FN2O. The van der Waals surface area contributed by atoms with E-state index >= 15 is 0 Å². The van der Waals surface area contributed by atoms with Gasteiger partial charge < -0.3 is 15.3 Å². The molecule has 1 saturated heterocycles. The van der Waals surface area contributed by atoms with Crippen molar-refractivity contribution in [2.75, 3.05) is 26.7 Å². The van der Waals surface area contributed by atoms with Gasteiger partial charge in [-0.3, -0.25) is 0 Å². The predicted octanol–water partition coefficient (Wildman–Crippen LogP) is 1.96. The zero-order chi connectivity index (χ0) is 13.0. The monoisotopic (exact) mass is 252 g/mol. The Kier molecular flexibility index (Phi) is 4.55. The molecule has 0 radical (unpaired) electrons. The molecule has 0 bridgehead atoms. The van der Waals surface area contributed by atoms with Crippen molar-refractivity contribution in [3.05, 3.63) is 29.6 Å². The van der Waals surface area contributed by atoms with Crippen molar-refractivity contribution in [2.45, 2.75) is 19.4 Å². The number of halogens is 1. The first kappa shape index (κ1) is 13.3. The van der Waals surface area contributed by atoms with E-state index in [1.165, 1.54) is 25.0 Å². The average Bonchev–Trinajstić information content (AvgIpc) is 2.35. The number of hydrogen-bond donors (Lipinski definition) is 2. The third-order valence-electron chi connectivity index (χ3n) is 3.49. The summed E-state index contributed by atoms with van der Waals surface area (Å²) in [6.07, 6.45) is 2.43. The molecule has 0 aromatic heterocycles. The smallest absolute Gasteiger partial charge is 0.165 e. The maximum absolute atomic E-state index is 13.2. The fourth-order valence-electron chi connectivity index (χ4n) is 2.53. The molecule has 100 valence electrons. The van der Waals surface area contributed by atoms with Crippen LogP contribution in [0.3, 0.4) is 0 Å². The van der Waals surface area contributed by atoms with Gasteiger partial charge in [-0.05, 0) is 56.6 Å². The van der Waals surface area contributed by atoms with E-state index < -0.39 is 5.82 Å². The molecule has 18 heavy (non-hydrogen) atoms. The highest BCUT2D eigenvalue weighted by atomic mass is 19.1. The van der Waals surface area contributed by atoms with Crippen LogP contribution >= 0.6 is 0 Å². The Bertz CT molecular complexity index is 391. The SMILES string of the molecule is CN(Cc1ccc(O)c(F)c1)CC1CCNCC1. The van der Waals surface area contributed by atoms with E-state index in [-0.39, 0.29) is 5.75 Å². The van der Waals surface area contributed by atoms with Crippen molar-refractivity contribution >= 4 is 0 Å². The molecule has 1 aromatic rings. The number of benzene rings is 1. The second-order valence-corrected chi connectivity index (χ2v) is 5.18. The number of rotatable bonds is 4. The minimum absolute atomic E-state index is 0.278. The number of piperidine rings is 1. The molecule has 2 N–H and O–H groups in total. The predicted molar refractivity (Wildman–Crippen MR) is 70.0 cm³/mol. The summed E-state index contributed by atoms with van der Waals surface area (Å²) in [6.45, 7) is 3.98. The van der Waals surface area contributed by atoms with Gasteiger partial charge in [0.25, 0.3) is 0 Å². The summed E-state index contributed by atoms with van der Waals surface area (Å²) < 4.78 is 13.2. The van der Waals surface area contributed by atoms with Crippen molar-refractivity contribution in [3.8, 4) is 5.75 Å². The Labute approximate surface area is 108 Å². The van der Waals surface area contributed by atoms with Crippen LogP contribution in [0.2, 0.25) is 0 Å². The fraction of sp³-hybridized carbons (Fsp3) is 0.571. The van der Waals surface area contributed by atoms with Gasteiger partial charge in [0.1, 0.15) is 0 Å². The summed E-state index contributed by atoms with van der Waals surface area (Å²) in [7, 11) is 2.06. The molecule has 1 aliphatic rings. The third-order valence-corrected chi connectivity index (χ3v) is 3.49. The van der Waals surface area contributed by atoms with Crippen molar-refractivity contribution in [1.82, 2.24) is 10.2 Å². The highest BCUT2D eigenvalue weighted by Gasteiger charge is 2.15. The van der Waals surface area contributed by atoms with E-state index in [1.807, 2.05) is 0 Å². The van der Waals surface area contributed by atoms with Gasteiger partial charge in [0.2, 0.25) is 0 Å². The van der Waals surface area contributed by atoms with Crippen LogP contribution in [0.25, 0.3) is 0 Å². The van der Waals surface area contributed by atoms with E-state index in [1.54, 1.807) is 6.07 Å². The van der Waals surface area contributed by atoms with Crippen LogP contribution in [0, 0.1) is 11.7 Å². The van der Waals surface area contributed by atoms with Gasteiger partial charge in [0, 0.05) is 13.1 Å². The topological polar surface area (TPSA) is 35.5 Å². The van der Waals surface area contributed by atoms with E-state index in [2.05, 4.69) is 17.3 Å². The molecule has 0 atom stereocenters. The van der Waals surface area contributed by atoms with E-state index in [0.717, 1.165) is 37.7 Å². The van der Waals surface area contributed by atoms with Gasteiger partial charge in [-0.1, -0.05) is 6.07 Å². The summed E-state index contributed by atoms with van der Waals surface area (Å²) in [5.74, 6) is -0.0827. The molecule has 4 heteroatoms. The van der Waals surface area contributed by atoms with Crippen LogP contribution in [-0.4, -0.2) is 36.7 Å². The first-order valence-electron chi connectivity index (χ1n) is 6.52. The summed E-state index contributed by atoms with van der Waals surface area (Å²) in [5, 5.41) is 12.5. The lowest BCUT2D eigenvalue weighted by atomic mass is 9.97. The molecule has 0 amide bonds. The summed E-state index contributed by atoms with van der Waals surface area (Å²) in [4.78, 5) is 2.22. The van der Waals surface area contributed by atoms with Gasteiger partial charge >= 0.3 is 0 Å². The zero-order valence-electron chi connectivity index (χ0n) is 10.8. The minimum atomic E-state index is -0.539. The lowest BCUT2D eigenvalue weighted by molar-refractivity contribution is 0.234. The summed E-state index contributed by atoms with van der Waals surface area (Å²) in [6, 6.07) is 4.61. The summed E-state index contributed by atoms with van der Waals surface area (Å²) in [5.41, 5.74) is 0.904. The van der Waals surface area contributed by atoms with Crippen LogP contribution in [0.1, 0.15) is 18.4 Å². The van der Waals surface area contributed by atoms with Crippen LogP contribution < -0.4 is 5.32 Å². The first-order chi connectivity index (χ1) is 8.65. The van der Waals surface area contributed by atoms with Crippen LogP contribution in [0.5, 0.6) is 5.75 Å². The molecule has 1 fully saturated rings. The van der Waals surface area contributed by atoms with Gasteiger partial charge in [-0.15, -0.1) is 0 Å². The molecule has 0 saturated carbocycles. The van der Waals surface area contributed by atoms with Crippen molar-refractivity contribution in [3.63, 3.8) is 0 Å². The lowest BCUT2D eigenvalue weighted by Crippen LogP contribution is -2.34. The van der Waals surface area contributed by atoms with Gasteiger partial charge in [0.05, 0.1) is 0 Å². The van der Waals surface area contributed by atoms with Crippen LogP contribution in [0.4, 0.5) is 4.39 Å². The van der Waals surface area contributed by atoms with Gasteiger partial charge in [-0.2, -0.15) is 0 Å². The summed E-state index contributed by atoms with van der Waals surface area (Å²) >= 11 is 0. The molecule has 3 nitrogen and oxygen atoms in total. The number of phenols is 1. The number of aromatic hydroxyl groups is 1. The second kappa shape index (κ2) is 6.16. The Balaban J connectivity index is 1.85. The number of nitrogens with zero attached hydrogens (tertiary/aromatic N) is 1. The Morgan fingerprint density at radius 2 is 2.11 bits per heavy atom. The molecular weight excluding hydrogens is 231 g/mol. The highest BCUT2D eigenvalue weighted by Crippen LogP contribution is 2.18. The Hall–Kier alpha value is -1.13. The molecule has 1 heterocycles. The number of phenolic OH excluding ortho intramolecular Hbond substituents is 1. The fourth-order valence-corrected chi connectivity index (χ4v) is 2.53. The van der Waals surface area contributed by atoms with E-state index in [0.29, 0.717) is 0 Å². The van der Waals surface area contributed by atoms with Crippen molar-refractivity contribution in [2.24, 2.45) is 5.92 Å². The number of hydrogen-bond acceptors (Lipinski definition) is 3. The normalized spacial score (nSPS) is 17.3. The van der Waals surface area contributed by atoms with Gasteiger partial charge in [-0.25, -0.2) is 4.39 Å². The van der Waals surface area contributed by atoms with E-state index in [4.69, 9.17) is 5.11 Å². The molecule has 0 spiro atoms. The molecule has 1 aliphatic heterocycles. The molecule has 1 aromatic carbocycles. The Morgan fingerprint density at radius 1 is 1.39 bits per heavy atom. The maximum Gasteiger partial charge on any atom is 0.165 e. The third kappa shape index (κ3) is 3.68. The minimum Gasteiger partial charge on any atom is -0.505 e. The van der Waals surface area contributed by atoms with Crippen molar-refractivity contribution < 1.29 is 9.50 Å². The zero-order valence-corrected chi connectivity index (χ0v) is 10.8. The van der Waals surface area contributed by atoms with E-state index in [9.17, 15) is 4.39 Å². The van der Waals surface area contributed by atoms with Crippen LogP contribution in [0.15, 0.2) is 18.2 Å². The highest BCUT2D eigenvalue weighted by molar-refractivity contribution is 5.27. The maximum atomic E-state index is 13.2. The molecule has 2 rings (SSSR count). The first-order valence-corrected chi connectivity index (χ1v) is 6.52. The van der Waals surface area contributed by atoms with Crippen LogP contribution in [-0.2, 0) is 6.54 Å². The van der Waals surface area contributed by atoms with Gasteiger partial charge in [0.15, 0.2) is 11.6 Å². The Morgan fingerprint density at radius 3 is 2.78 bits per heavy atom.